The molecule has 2 aromatic rings. The molecule has 2 heterocycles. The molecule has 1 aliphatic rings. The normalized spacial score (nSPS) is 12.8. The summed E-state index contributed by atoms with van der Waals surface area (Å²) in [6.45, 7) is 5.80. The Labute approximate surface area is 173 Å². The van der Waals surface area contributed by atoms with Crippen LogP contribution < -0.4 is 15.4 Å². The molecule has 1 aromatic carbocycles. The quantitative estimate of drug-likeness (QED) is 0.678. The minimum atomic E-state index is 0. The second-order valence-electron chi connectivity index (χ2n) is 6.13. The Kier molecular flexibility index (Phi) is 10.4. The topological polar surface area (TPSA) is 68.3 Å². The van der Waals surface area contributed by atoms with E-state index >= 15 is 0 Å². The number of aromatic nitrogens is 2. The fourth-order valence-electron chi connectivity index (χ4n) is 2.95. The lowest BCUT2D eigenvalue weighted by Crippen LogP contribution is -2.16. The SMILES string of the molecule is COCCOc1ccc(CNc2nc(C)nc3c2CCNCC3)cc1.Cl.Cl. The monoisotopic (exact) mass is 414 g/mol. The Morgan fingerprint density at radius 1 is 1.04 bits per heavy atom. The molecule has 1 aliphatic heterocycles. The van der Waals surface area contributed by atoms with Crippen LogP contribution in [-0.2, 0) is 24.1 Å². The molecule has 0 saturated heterocycles. The summed E-state index contributed by atoms with van der Waals surface area (Å²) in [6, 6.07) is 8.12. The average Bonchev–Trinajstić information content (AvgIpc) is 2.86. The summed E-state index contributed by atoms with van der Waals surface area (Å²) in [5, 5.41) is 6.91. The Balaban J connectivity index is 0.00000182. The van der Waals surface area contributed by atoms with Crippen molar-refractivity contribution >= 4 is 30.6 Å². The number of anilines is 1. The number of methoxy groups -OCH3 is 1. The van der Waals surface area contributed by atoms with Gasteiger partial charge in [0.2, 0.25) is 0 Å². The number of hydrogen-bond donors (Lipinski definition) is 2. The molecule has 2 N–H and O–H groups in total. The fourth-order valence-corrected chi connectivity index (χ4v) is 2.95. The molecule has 3 rings (SSSR count). The maximum Gasteiger partial charge on any atom is 0.133 e. The van der Waals surface area contributed by atoms with E-state index in [1.165, 1.54) is 16.8 Å². The highest BCUT2D eigenvalue weighted by Gasteiger charge is 2.15. The van der Waals surface area contributed by atoms with E-state index in [9.17, 15) is 0 Å². The number of benzene rings is 1. The van der Waals surface area contributed by atoms with E-state index in [1.807, 2.05) is 19.1 Å². The maximum atomic E-state index is 5.60. The van der Waals surface area contributed by atoms with Gasteiger partial charge in [0.05, 0.1) is 12.3 Å². The van der Waals surface area contributed by atoms with Crippen LogP contribution in [0.15, 0.2) is 24.3 Å². The van der Waals surface area contributed by atoms with Gasteiger partial charge in [0.1, 0.15) is 24.0 Å². The smallest absolute Gasteiger partial charge is 0.133 e. The molecule has 0 fully saturated rings. The molecule has 0 atom stereocenters. The first kappa shape index (κ1) is 23.4. The molecule has 0 saturated carbocycles. The molecule has 6 nitrogen and oxygen atoms in total. The first-order valence-corrected chi connectivity index (χ1v) is 8.78. The highest BCUT2D eigenvalue weighted by Crippen LogP contribution is 2.21. The molecule has 0 unspecified atom stereocenters. The van der Waals surface area contributed by atoms with Crippen molar-refractivity contribution < 1.29 is 9.47 Å². The van der Waals surface area contributed by atoms with Gasteiger partial charge in [0.25, 0.3) is 0 Å². The largest absolute Gasteiger partial charge is 0.491 e. The maximum absolute atomic E-state index is 5.60. The van der Waals surface area contributed by atoms with Crippen molar-refractivity contribution in [2.24, 2.45) is 0 Å². The van der Waals surface area contributed by atoms with Crippen LogP contribution in [0.1, 0.15) is 22.6 Å². The molecule has 0 bridgehead atoms. The number of hydrogen-bond acceptors (Lipinski definition) is 6. The third-order valence-corrected chi connectivity index (χ3v) is 4.23. The van der Waals surface area contributed by atoms with Crippen LogP contribution >= 0.6 is 24.8 Å². The molecule has 8 heteroatoms. The highest BCUT2D eigenvalue weighted by atomic mass is 35.5. The number of nitrogens with one attached hydrogen (secondary N) is 2. The Morgan fingerprint density at radius 2 is 1.78 bits per heavy atom. The zero-order valence-corrected chi connectivity index (χ0v) is 17.4. The molecule has 1 aromatic heterocycles. The minimum Gasteiger partial charge on any atom is -0.491 e. The first-order valence-electron chi connectivity index (χ1n) is 8.78. The average molecular weight is 415 g/mol. The zero-order valence-electron chi connectivity index (χ0n) is 15.8. The second kappa shape index (κ2) is 12.0. The number of rotatable bonds is 7. The van der Waals surface area contributed by atoms with Crippen molar-refractivity contribution in [1.29, 1.82) is 0 Å². The van der Waals surface area contributed by atoms with Gasteiger partial charge in [0, 0.05) is 32.2 Å². The molecule has 0 spiro atoms. The molecule has 27 heavy (non-hydrogen) atoms. The lowest BCUT2D eigenvalue weighted by Gasteiger charge is -2.14. The summed E-state index contributed by atoms with van der Waals surface area (Å²) < 4.78 is 10.6. The molecule has 0 aliphatic carbocycles. The van der Waals surface area contributed by atoms with Gasteiger partial charge in [-0.2, -0.15) is 0 Å². The van der Waals surface area contributed by atoms with Gasteiger partial charge >= 0.3 is 0 Å². The van der Waals surface area contributed by atoms with E-state index in [2.05, 4.69) is 32.7 Å². The van der Waals surface area contributed by atoms with Gasteiger partial charge in [-0.05, 0) is 37.6 Å². The van der Waals surface area contributed by atoms with Gasteiger partial charge in [0.15, 0.2) is 0 Å². The number of nitrogens with zero attached hydrogens (tertiary/aromatic N) is 2. The van der Waals surface area contributed by atoms with Gasteiger partial charge in [-0.1, -0.05) is 12.1 Å². The summed E-state index contributed by atoms with van der Waals surface area (Å²) in [7, 11) is 1.67. The van der Waals surface area contributed by atoms with Crippen LogP contribution in [0.4, 0.5) is 5.82 Å². The van der Waals surface area contributed by atoms with Crippen LogP contribution in [0.2, 0.25) is 0 Å². The summed E-state index contributed by atoms with van der Waals surface area (Å²) in [5.41, 5.74) is 3.60. The lowest BCUT2D eigenvalue weighted by molar-refractivity contribution is 0.146. The van der Waals surface area contributed by atoms with E-state index in [0.717, 1.165) is 49.9 Å². The first-order chi connectivity index (χ1) is 12.3. The standard InChI is InChI=1S/C19H26N4O2.2ClH/c1-14-22-18-8-10-20-9-7-17(18)19(23-14)21-13-15-3-5-16(6-4-15)25-12-11-24-2;;/h3-6,20H,7-13H2,1-2H3,(H,21,22,23);2*1H. The van der Waals surface area contributed by atoms with Crippen LogP contribution in [-0.4, -0.2) is 43.4 Å². The minimum absolute atomic E-state index is 0. The van der Waals surface area contributed by atoms with Crippen LogP contribution in [0.25, 0.3) is 0 Å². The summed E-state index contributed by atoms with van der Waals surface area (Å²) in [5.74, 6) is 2.65. The molecule has 0 radical (unpaired) electrons. The van der Waals surface area contributed by atoms with Crippen LogP contribution in [0, 0.1) is 6.92 Å². The van der Waals surface area contributed by atoms with Gasteiger partial charge in [-0.25, -0.2) is 9.97 Å². The predicted octanol–water partition coefficient (Wildman–Crippen LogP) is 2.95. The number of fused-ring (bicyclic) bond motifs is 1. The molecule has 0 amide bonds. The lowest BCUT2D eigenvalue weighted by atomic mass is 10.1. The van der Waals surface area contributed by atoms with Crippen molar-refractivity contribution in [2.75, 3.05) is 38.7 Å². The Hall–Kier alpha value is -1.60. The van der Waals surface area contributed by atoms with Crippen molar-refractivity contribution in [3.05, 3.63) is 46.9 Å². The van der Waals surface area contributed by atoms with Crippen LogP contribution in [0.5, 0.6) is 5.75 Å². The molecular formula is C19H28Cl2N4O2. The number of ether oxygens (including phenoxy) is 2. The fraction of sp³-hybridized carbons (Fsp3) is 0.474. The second-order valence-corrected chi connectivity index (χ2v) is 6.13. The number of halogens is 2. The van der Waals surface area contributed by atoms with Crippen molar-refractivity contribution in [1.82, 2.24) is 15.3 Å². The van der Waals surface area contributed by atoms with E-state index in [1.54, 1.807) is 7.11 Å². The van der Waals surface area contributed by atoms with E-state index < -0.39 is 0 Å². The summed E-state index contributed by atoms with van der Waals surface area (Å²) in [6.07, 6.45) is 1.92. The van der Waals surface area contributed by atoms with Crippen molar-refractivity contribution in [2.45, 2.75) is 26.3 Å². The van der Waals surface area contributed by atoms with Crippen molar-refractivity contribution in [3.63, 3.8) is 0 Å². The van der Waals surface area contributed by atoms with Gasteiger partial charge < -0.3 is 20.1 Å². The molecular weight excluding hydrogens is 387 g/mol. The van der Waals surface area contributed by atoms with E-state index in [-0.39, 0.29) is 24.8 Å². The Morgan fingerprint density at radius 3 is 2.52 bits per heavy atom. The highest BCUT2D eigenvalue weighted by molar-refractivity contribution is 5.85. The Bertz CT molecular complexity index is 699. The third-order valence-electron chi connectivity index (χ3n) is 4.23. The number of aryl methyl sites for hydroxylation is 1. The summed E-state index contributed by atoms with van der Waals surface area (Å²) in [4.78, 5) is 9.24. The zero-order chi connectivity index (χ0) is 17.5. The molecule has 150 valence electrons. The predicted molar refractivity (Wildman–Crippen MR) is 113 cm³/mol. The van der Waals surface area contributed by atoms with Gasteiger partial charge in [-0.3, -0.25) is 0 Å². The third kappa shape index (κ3) is 6.81. The van der Waals surface area contributed by atoms with Gasteiger partial charge in [-0.15, -0.1) is 24.8 Å². The summed E-state index contributed by atoms with van der Waals surface area (Å²) >= 11 is 0. The van der Waals surface area contributed by atoms with E-state index in [0.29, 0.717) is 13.2 Å². The van der Waals surface area contributed by atoms with Crippen LogP contribution in [0.3, 0.4) is 0 Å². The van der Waals surface area contributed by atoms with E-state index in [4.69, 9.17) is 9.47 Å². The van der Waals surface area contributed by atoms with Crippen molar-refractivity contribution in [3.8, 4) is 5.75 Å².